The van der Waals surface area contributed by atoms with Gasteiger partial charge >= 0.3 is 0 Å². The molecule has 1 aliphatic rings. The van der Waals surface area contributed by atoms with Crippen molar-refractivity contribution in [3.63, 3.8) is 0 Å². The topological polar surface area (TPSA) is 67.2 Å². The van der Waals surface area contributed by atoms with Crippen molar-refractivity contribution in [2.24, 2.45) is 5.92 Å². The molecule has 4 rings (SSSR count). The largest absolute Gasteiger partial charge is 0.353 e. The predicted molar refractivity (Wildman–Crippen MR) is 124 cm³/mol. The Bertz CT molecular complexity index is 1050. The lowest BCUT2D eigenvalue weighted by Gasteiger charge is -2.32. The van der Waals surface area contributed by atoms with Crippen molar-refractivity contribution >= 4 is 22.5 Å². The molecule has 0 aliphatic carbocycles. The zero-order valence-corrected chi connectivity index (χ0v) is 19.0. The van der Waals surface area contributed by atoms with Gasteiger partial charge in [-0.3, -0.25) is 4.79 Å². The summed E-state index contributed by atoms with van der Waals surface area (Å²) >= 11 is 0. The lowest BCUT2D eigenvalue weighted by molar-refractivity contribution is -0.123. The predicted octanol–water partition coefficient (Wildman–Crippen LogP) is 3.56. The number of nitrogens with zero attached hydrogens (tertiary/aromatic N) is 6. The van der Waals surface area contributed by atoms with E-state index in [0.717, 1.165) is 72.7 Å². The van der Waals surface area contributed by atoms with Crippen molar-refractivity contribution in [3.8, 4) is 5.69 Å². The highest BCUT2D eigenvalue weighted by Gasteiger charge is 2.28. The van der Waals surface area contributed by atoms with E-state index in [4.69, 9.17) is 5.10 Å². The summed E-state index contributed by atoms with van der Waals surface area (Å²) in [5, 5.41) is 15.0. The Hall–Kier alpha value is -2.80. The summed E-state index contributed by atoms with van der Waals surface area (Å²) in [4.78, 5) is 17.0. The van der Waals surface area contributed by atoms with Crippen molar-refractivity contribution < 1.29 is 4.79 Å². The third-order valence-corrected chi connectivity index (χ3v) is 6.26. The van der Waals surface area contributed by atoms with Gasteiger partial charge in [-0.15, -0.1) is 5.10 Å². The van der Waals surface area contributed by atoms with E-state index in [1.54, 1.807) is 0 Å². The number of piperidine rings is 1. The van der Waals surface area contributed by atoms with Crippen LogP contribution < -0.4 is 4.90 Å². The van der Waals surface area contributed by atoms with Crippen LogP contribution in [0.2, 0.25) is 0 Å². The number of carbonyl (C=O) groups excluding carboxylic acids is 1. The molecule has 3 aromatic rings. The molecule has 2 aromatic heterocycles. The van der Waals surface area contributed by atoms with Gasteiger partial charge in [-0.05, 0) is 65.9 Å². The quantitative estimate of drug-likeness (QED) is 0.582. The van der Waals surface area contributed by atoms with Gasteiger partial charge in [0.2, 0.25) is 0 Å². The SMILES string of the molecule is Cc1nnc(N2CCC(C(=O)CCCN(C)C)CC2)c2nn(-c3ccccc3)c(C)c12. The first-order valence-electron chi connectivity index (χ1n) is 11.2. The van der Waals surface area contributed by atoms with Crippen molar-refractivity contribution in [3.05, 3.63) is 41.7 Å². The molecule has 3 heterocycles. The number of benzene rings is 1. The smallest absolute Gasteiger partial charge is 0.179 e. The van der Waals surface area contributed by atoms with Crippen LogP contribution in [0, 0.1) is 19.8 Å². The summed E-state index contributed by atoms with van der Waals surface area (Å²) in [5.74, 6) is 1.40. The number of anilines is 1. The first-order chi connectivity index (χ1) is 15.0. The second kappa shape index (κ2) is 9.14. The molecule has 0 spiro atoms. The van der Waals surface area contributed by atoms with Crippen molar-refractivity contribution in [2.45, 2.75) is 39.5 Å². The van der Waals surface area contributed by atoms with Crippen LogP contribution in [0.5, 0.6) is 0 Å². The average Bonchev–Trinajstić information content (AvgIpc) is 3.12. The Morgan fingerprint density at radius 3 is 2.48 bits per heavy atom. The van der Waals surface area contributed by atoms with E-state index in [-0.39, 0.29) is 5.92 Å². The molecule has 0 atom stereocenters. The van der Waals surface area contributed by atoms with Gasteiger partial charge in [0.05, 0.1) is 22.5 Å². The Morgan fingerprint density at radius 2 is 1.81 bits per heavy atom. The van der Waals surface area contributed by atoms with Crippen molar-refractivity contribution in [1.29, 1.82) is 0 Å². The maximum absolute atomic E-state index is 12.6. The van der Waals surface area contributed by atoms with E-state index in [0.29, 0.717) is 12.2 Å². The minimum Gasteiger partial charge on any atom is -0.353 e. The maximum Gasteiger partial charge on any atom is 0.179 e. The van der Waals surface area contributed by atoms with Crippen LogP contribution in [-0.2, 0) is 4.79 Å². The van der Waals surface area contributed by atoms with E-state index >= 15 is 0 Å². The molecule has 31 heavy (non-hydrogen) atoms. The fourth-order valence-corrected chi connectivity index (χ4v) is 4.53. The summed E-state index contributed by atoms with van der Waals surface area (Å²) in [6, 6.07) is 10.2. The number of para-hydroxylation sites is 1. The monoisotopic (exact) mass is 420 g/mol. The Morgan fingerprint density at radius 1 is 1.10 bits per heavy atom. The molecule has 7 nitrogen and oxygen atoms in total. The second-order valence-electron chi connectivity index (χ2n) is 8.80. The molecule has 7 heteroatoms. The highest BCUT2D eigenvalue weighted by atomic mass is 16.1. The molecular formula is C24H32N6O. The number of Topliss-reactive ketones (excluding diaryl/α,β-unsaturated/α-hetero) is 1. The molecule has 1 aliphatic heterocycles. The van der Waals surface area contributed by atoms with Gasteiger partial charge < -0.3 is 9.80 Å². The summed E-state index contributed by atoms with van der Waals surface area (Å²) in [7, 11) is 4.10. The summed E-state index contributed by atoms with van der Waals surface area (Å²) in [6.45, 7) is 6.66. The molecule has 1 aromatic carbocycles. The number of aromatic nitrogens is 4. The first kappa shape index (κ1) is 21.4. The summed E-state index contributed by atoms with van der Waals surface area (Å²) in [5.41, 5.74) is 3.89. The van der Waals surface area contributed by atoms with Gasteiger partial charge in [0.1, 0.15) is 11.3 Å². The van der Waals surface area contributed by atoms with E-state index in [1.807, 2.05) is 43.9 Å². The highest BCUT2D eigenvalue weighted by Crippen LogP contribution is 2.31. The third kappa shape index (κ3) is 4.46. The molecule has 0 radical (unpaired) electrons. The number of hydrogen-bond acceptors (Lipinski definition) is 6. The van der Waals surface area contributed by atoms with Gasteiger partial charge in [0.15, 0.2) is 5.82 Å². The fraction of sp³-hybridized carbons (Fsp3) is 0.500. The Labute approximate surface area is 184 Å². The molecule has 164 valence electrons. The van der Waals surface area contributed by atoms with E-state index in [1.165, 1.54) is 0 Å². The van der Waals surface area contributed by atoms with Gasteiger partial charge in [-0.2, -0.15) is 10.2 Å². The maximum atomic E-state index is 12.6. The zero-order valence-electron chi connectivity index (χ0n) is 19.0. The van der Waals surface area contributed by atoms with E-state index < -0.39 is 0 Å². The van der Waals surface area contributed by atoms with Gasteiger partial charge in [-0.25, -0.2) is 4.68 Å². The average molecular weight is 421 g/mol. The van der Waals surface area contributed by atoms with Crippen molar-refractivity contribution in [2.75, 3.05) is 38.6 Å². The molecule has 0 unspecified atom stereocenters. The number of rotatable bonds is 7. The van der Waals surface area contributed by atoms with Crippen LogP contribution in [0.15, 0.2) is 30.3 Å². The van der Waals surface area contributed by atoms with Gasteiger partial charge in [-0.1, -0.05) is 18.2 Å². The fourth-order valence-electron chi connectivity index (χ4n) is 4.53. The minimum absolute atomic E-state index is 0.163. The zero-order chi connectivity index (χ0) is 22.0. The third-order valence-electron chi connectivity index (χ3n) is 6.26. The Balaban J connectivity index is 1.53. The van der Waals surface area contributed by atoms with Crippen LogP contribution in [0.1, 0.15) is 37.1 Å². The number of carbonyl (C=O) groups is 1. The van der Waals surface area contributed by atoms with Gasteiger partial charge in [0, 0.05) is 25.4 Å². The number of ketones is 1. The van der Waals surface area contributed by atoms with Crippen LogP contribution in [0.4, 0.5) is 5.82 Å². The number of fused-ring (bicyclic) bond motifs is 1. The standard InChI is InChI=1S/C24H32N6O/c1-17-22-18(2)30(20-9-6-5-7-10-20)27-23(22)24(26-25-17)29-15-12-19(13-16-29)21(31)11-8-14-28(3)4/h5-7,9-10,19H,8,11-16H2,1-4H3. The van der Waals surface area contributed by atoms with E-state index in [2.05, 4.69) is 39.1 Å². The van der Waals surface area contributed by atoms with E-state index in [9.17, 15) is 4.79 Å². The lowest BCUT2D eigenvalue weighted by atomic mass is 9.90. The molecular weight excluding hydrogens is 388 g/mol. The van der Waals surface area contributed by atoms with Crippen molar-refractivity contribution in [1.82, 2.24) is 24.9 Å². The van der Waals surface area contributed by atoms with Crippen LogP contribution in [0.3, 0.4) is 0 Å². The lowest BCUT2D eigenvalue weighted by Crippen LogP contribution is -2.37. The molecule has 0 saturated carbocycles. The van der Waals surface area contributed by atoms with Crippen LogP contribution in [0.25, 0.3) is 16.6 Å². The van der Waals surface area contributed by atoms with Crippen LogP contribution >= 0.6 is 0 Å². The van der Waals surface area contributed by atoms with Crippen LogP contribution in [-0.4, -0.2) is 64.4 Å². The molecule has 0 amide bonds. The molecule has 0 bridgehead atoms. The normalized spacial score (nSPS) is 15.2. The molecule has 1 saturated heterocycles. The van der Waals surface area contributed by atoms with Gasteiger partial charge in [0.25, 0.3) is 0 Å². The number of hydrogen-bond donors (Lipinski definition) is 0. The minimum atomic E-state index is 0.163. The second-order valence-corrected chi connectivity index (χ2v) is 8.80. The first-order valence-corrected chi connectivity index (χ1v) is 11.2. The molecule has 1 fully saturated rings. The highest BCUT2D eigenvalue weighted by molar-refractivity contribution is 5.92. The Kier molecular flexibility index (Phi) is 6.32. The molecule has 0 N–H and O–H groups in total. The summed E-state index contributed by atoms with van der Waals surface area (Å²) in [6.07, 6.45) is 3.36. The summed E-state index contributed by atoms with van der Waals surface area (Å²) < 4.78 is 1.98. The number of aryl methyl sites for hydroxylation is 2.